The van der Waals surface area contributed by atoms with Crippen molar-refractivity contribution in [3.05, 3.63) is 75.9 Å². The van der Waals surface area contributed by atoms with Gasteiger partial charge in [0.15, 0.2) is 5.82 Å². The molecule has 0 unspecified atom stereocenters. The lowest BCUT2D eigenvalue weighted by Gasteiger charge is -1.98. The van der Waals surface area contributed by atoms with E-state index in [-0.39, 0.29) is 11.9 Å². The van der Waals surface area contributed by atoms with Gasteiger partial charge in [0, 0.05) is 12.6 Å². The zero-order valence-electron chi connectivity index (χ0n) is 14.5. The van der Waals surface area contributed by atoms with E-state index in [9.17, 15) is 4.79 Å². The molecule has 0 bridgehead atoms. The van der Waals surface area contributed by atoms with Crippen molar-refractivity contribution in [2.45, 2.75) is 13.3 Å². The van der Waals surface area contributed by atoms with E-state index >= 15 is 0 Å². The van der Waals surface area contributed by atoms with Gasteiger partial charge in [0.1, 0.15) is 10.6 Å². The number of aromatic amines is 1. The fourth-order valence-electron chi connectivity index (χ4n) is 2.60. The largest absolute Gasteiger partial charge is 0.288 e. The number of rotatable bonds is 5. The van der Waals surface area contributed by atoms with Crippen LogP contribution < -0.4 is 5.32 Å². The quantitative estimate of drug-likeness (QED) is 0.556. The molecule has 0 radical (unpaired) electrons. The maximum atomic E-state index is 12.6. The molecule has 4 aromatic rings. The zero-order valence-corrected chi connectivity index (χ0v) is 15.3. The Morgan fingerprint density at radius 1 is 1.11 bits per heavy atom. The Kier molecular flexibility index (Phi) is 4.71. The van der Waals surface area contributed by atoms with Crippen molar-refractivity contribution >= 4 is 23.2 Å². The average molecular weight is 376 g/mol. The molecule has 0 saturated carbocycles. The standard InChI is InChI=1S/C19H16N6OS/c1-12-16(27-15(21-12)11-13-7-3-2-4-8-13)18(26)23-19-22-17(24-25-19)14-9-5-6-10-20-14/h2-10H,11H2,1H3,(H2,22,23,24,25,26). The summed E-state index contributed by atoms with van der Waals surface area (Å²) in [6.45, 7) is 1.83. The van der Waals surface area contributed by atoms with E-state index in [4.69, 9.17) is 0 Å². The molecule has 0 aliphatic rings. The van der Waals surface area contributed by atoms with Crippen molar-refractivity contribution in [2.75, 3.05) is 5.32 Å². The van der Waals surface area contributed by atoms with Gasteiger partial charge in [-0.2, -0.15) is 4.98 Å². The number of carbonyl (C=O) groups excluding carboxylic acids is 1. The van der Waals surface area contributed by atoms with Gasteiger partial charge < -0.3 is 0 Å². The maximum Gasteiger partial charge on any atom is 0.270 e. The normalized spacial score (nSPS) is 10.7. The number of nitrogens with one attached hydrogen (secondary N) is 2. The molecule has 27 heavy (non-hydrogen) atoms. The molecule has 7 nitrogen and oxygen atoms in total. The zero-order chi connectivity index (χ0) is 18.6. The number of nitrogens with zero attached hydrogens (tertiary/aromatic N) is 4. The number of hydrogen-bond acceptors (Lipinski definition) is 6. The van der Waals surface area contributed by atoms with E-state index in [1.54, 1.807) is 6.20 Å². The van der Waals surface area contributed by atoms with Crippen LogP contribution in [0.1, 0.15) is 25.9 Å². The molecule has 0 fully saturated rings. The first-order chi connectivity index (χ1) is 13.2. The fourth-order valence-corrected chi connectivity index (χ4v) is 3.60. The van der Waals surface area contributed by atoms with Crippen molar-refractivity contribution in [2.24, 2.45) is 0 Å². The van der Waals surface area contributed by atoms with Crippen molar-refractivity contribution in [1.29, 1.82) is 0 Å². The molecular formula is C19H16N6OS. The monoisotopic (exact) mass is 376 g/mol. The number of thiazole rings is 1. The summed E-state index contributed by atoms with van der Waals surface area (Å²) in [6.07, 6.45) is 2.37. The van der Waals surface area contributed by atoms with Crippen LogP contribution in [0.25, 0.3) is 11.5 Å². The number of H-pyrrole nitrogens is 1. The van der Waals surface area contributed by atoms with Crippen LogP contribution in [-0.4, -0.2) is 31.1 Å². The Labute approximate surface area is 159 Å². The summed E-state index contributed by atoms with van der Waals surface area (Å²) in [5.74, 6) is 0.436. The first kappa shape index (κ1) is 17.0. The lowest BCUT2D eigenvalue weighted by Crippen LogP contribution is -2.12. The van der Waals surface area contributed by atoms with Crippen LogP contribution in [0.15, 0.2) is 54.7 Å². The van der Waals surface area contributed by atoms with Gasteiger partial charge in [-0.1, -0.05) is 36.4 Å². The van der Waals surface area contributed by atoms with E-state index in [1.165, 1.54) is 11.3 Å². The molecule has 0 spiro atoms. The summed E-state index contributed by atoms with van der Waals surface area (Å²) in [7, 11) is 0. The lowest BCUT2D eigenvalue weighted by atomic mass is 10.2. The summed E-state index contributed by atoms with van der Waals surface area (Å²) < 4.78 is 0. The highest BCUT2D eigenvalue weighted by Crippen LogP contribution is 2.22. The Balaban J connectivity index is 1.48. The summed E-state index contributed by atoms with van der Waals surface area (Å²) >= 11 is 1.38. The number of amides is 1. The topological polar surface area (TPSA) is 96.5 Å². The second kappa shape index (κ2) is 7.46. The highest BCUT2D eigenvalue weighted by molar-refractivity contribution is 7.14. The molecule has 0 aliphatic carbocycles. The first-order valence-electron chi connectivity index (χ1n) is 8.34. The molecule has 2 N–H and O–H groups in total. The van der Waals surface area contributed by atoms with Crippen molar-refractivity contribution in [3.63, 3.8) is 0 Å². The van der Waals surface area contributed by atoms with E-state index in [2.05, 4.69) is 30.5 Å². The van der Waals surface area contributed by atoms with Gasteiger partial charge in [-0.25, -0.2) is 4.98 Å². The molecule has 3 aromatic heterocycles. The van der Waals surface area contributed by atoms with Gasteiger partial charge in [-0.05, 0) is 24.6 Å². The van der Waals surface area contributed by atoms with Gasteiger partial charge in [0.25, 0.3) is 5.91 Å². The third-order valence-corrected chi connectivity index (χ3v) is 5.02. The Morgan fingerprint density at radius 2 is 1.93 bits per heavy atom. The SMILES string of the molecule is Cc1nc(Cc2ccccc2)sc1C(=O)Nc1n[nH]c(-c2ccccn2)n1. The molecule has 1 amide bonds. The van der Waals surface area contributed by atoms with E-state index in [1.807, 2.05) is 55.5 Å². The molecule has 4 rings (SSSR count). The van der Waals surface area contributed by atoms with Crippen LogP contribution in [0, 0.1) is 6.92 Å². The molecular weight excluding hydrogens is 360 g/mol. The minimum atomic E-state index is -0.268. The van der Waals surface area contributed by atoms with Gasteiger partial charge >= 0.3 is 0 Å². The summed E-state index contributed by atoms with van der Waals surface area (Å²) in [5.41, 5.74) is 2.51. The Hall–Kier alpha value is -3.39. The third kappa shape index (κ3) is 3.90. The first-order valence-corrected chi connectivity index (χ1v) is 9.16. The number of benzene rings is 1. The van der Waals surface area contributed by atoms with Gasteiger partial charge in [-0.15, -0.1) is 16.4 Å². The van der Waals surface area contributed by atoms with E-state index < -0.39 is 0 Å². The second-order valence-electron chi connectivity index (χ2n) is 5.86. The van der Waals surface area contributed by atoms with E-state index in [0.29, 0.717) is 28.5 Å². The number of aryl methyl sites for hydroxylation is 1. The Morgan fingerprint density at radius 3 is 2.70 bits per heavy atom. The van der Waals surface area contributed by atoms with Crippen LogP contribution in [0.5, 0.6) is 0 Å². The fraction of sp³-hybridized carbons (Fsp3) is 0.105. The minimum absolute atomic E-state index is 0.207. The van der Waals surface area contributed by atoms with Gasteiger partial charge in [0.05, 0.1) is 10.7 Å². The number of anilines is 1. The number of aromatic nitrogens is 5. The van der Waals surface area contributed by atoms with Crippen molar-refractivity contribution < 1.29 is 4.79 Å². The van der Waals surface area contributed by atoms with Crippen LogP contribution in [0.4, 0.5) is 5.95 Å². The molecule has 134 valence electrons. The highest BCUT2D eigenvalue weighted by Gasteiger charge is 2.17. The molecule has 1 aromatic carbocycles. The van der Waals surface area contributed by atoms with Crippen molar-refractivity contribution in [1.82, 2.24) is 25.1 Å². The third-order valence-electron chi connectivity index (χ3n) is 3.86. The van der Waals surface area contributed by atoms with Crippen molar-refractivity contribution in [3.8, 4) is 11.5 Å². The van der Waals surface area contributed by atoms with Crippen LogP contribution in [0.3, 0.4) is 0 Å². The summed E-state index contributed by atoms with van der Waals surface area (Å²) in [6, 6.07) is 15.5. The molecule has 8 heteroatoms. The van der Waals surface area contributed by atoms with Gasteiger partial charge in [0.2, 0.25) is 5.95 Å². The van der Waals surface area contributed by atoms with Crippen LogP contribution in [0.2, 0.25) is 0 Å². The number of carbonyl (C=O) groups is 1. The highest BCUT2D eigenvalue weighted by atomic mass is 32.1. The summed E-state index contributed by atoms with van der Waals surface area (Å²) in [5, 5.41) is 10.4. The van der Waals surface area contributed by atoms with E-state index in [0.717, 1.165) is 10.6 Å². The number of pyridine rings is 1. The average Bonchev–Trinajstić information content (AvgIpc) is 3.30. The molecule has 0 saturated heterocycles. The van der Waals surface area contributed by atoms with Gasteiger partial charge in [-0.3, -0.25) is 20.2 Å². The second-order valence-corrected chi connectivity index (χ2v) is 6.94. The molecule has 0 aliphatic heterocycles. The van der Waals surface area contributed by atoms with Crippen LogP contribution in [-0.2, 0) is 6.42 Å². The maximum absolute atomic E-state index is 12.6. The Bertz CT molecular complexity index is 1060. The predicted molar refractivity (Wildman–Crippen MR) is 104 cm³/mol. The van der Waals surface area contributed by atoms with Crippen LogP contribution >= 0.6 is 11.3 Å². The lowest BCUT2D eigenvalue weighted by molar-refractivity contribution is 0.102. The minimum Gasteiger partial charge on any atom is -0.288 e. The predicted octanol–water partition coefficient (Wildman–Crippen LogP) is 3.47. The smallest absolute Gasteiger partial charge is 0.270 e. The molecule has 3 heterocycles. The molecule has 0 atom stereocenters. The number of hydrogen-bond donors (Lipinski definition) is 2. The summed E-state index contributed by atoms with van der Waals surface area (Å²) in [4.78, 5) is 26.2.